The SMILES string of the molecule is CN(C(=O)C1CCCNC1)c1nccnc1Cl. The minimum atomic E-state index is 0.00632. The van der Waals surface area contributed by atoms with Gasteiger partial charge in [0.15, 0.2) is 11.0 Å². The number of carbonyl (C=O) groups excluding carboxylic acids is 1. The second kappa shape index (κ2) is 5.42. The zero-order chi connectivity index (χ0) is 12.3. The molecular formula is C11H15ClN4O. The number of nitrogens with one attached hydrogen (secondary N) is 1. The molecule has 1 N–H and O–H groups in total. The van der Waals surface area contributed by atoms with Crippen LogP contribution in [0.1, 0.15) is 12.8 Å². The normalized spacial score (nSPS) is 20.0. The molecule has 0 bridgehead atoms. The van der Waals surface area contributed by atoms with Crippen molar-refractivity contribution in [2.45, 2.75) is 12.8 Å². The molecule has 1 saturated heterocycles. The Hall–Kier alpha value is -1.20. The second-order valence-electron chi connectivity index (χ2n) is 4.11. The van der Waals surface area contributed by atoms with E-state index in [1.165, 1.54) is 17.3 Å². The van der Waals surface area contributed by atoms with Crippen molar-refractivity contribution in [2.75, 3.05) is 25.0 Å². The predicted octanol–water partition coefficient (Wildman–Crippen LogP) is 1.09. The molecule has 1 aromatic rings. The molecule has 1 aliphatic heterocycles. The Morgan fingerprint density at radius 2 is 2.29 bits per heavy atom. The third-order valence-corrected chi connectivity index (χ3v) is 3.20. The van der Waals surface area contributed by atoms with Crippen molar-refractivity contribution in [1.82, 2.24) is 15.3 Å². The summed E-state index contributed by atoms with van der Waals surface area (Å²) in [5.74, 6) is 0.469. The predicted molar refractivity (Wildman–Crippen MR) is 66.0 cm³/mol. The van der Waals surface area contributed by atoms with Crippen LogP contribution in [0.2, 0.25) is 5.15 Å². The highest BCUT2D eigenvalue weighted by Crippen LogP contribution is 2.22. The molecule has 17 heavy (non-hydrogen) atoms. The molecule has 92 valence electrons. The second-order valence-corrected chi connectivity index (χ2v) is 4.47. The lowest BCUT2D eigenvalue weighted by molar-refractivity contribution is -0.122. The van der Waals surface area contributed by atoms with Gasteiger partial charge in [0, 0.05) is 26.0 Å². The maximum Gasteiger partial charge on any atom is 0.232 e. The van der Waals surface area contributed by atoms with Crippen LogP contribution in [0.3, 0.4) is 0 Å². The van der Waals surface area contributed by atoms with Crippen LogP contribution in [0.5, 0.6) is 0 Å². The van der Waals surface area contributed by atoms with Gasteiger partial charge in [-0.3, -0.25) is 9.69 Å². The van der Waals surface area contributed by atoms with E-state index < -0.39 is 0 Å². The van der Waals surface area contributed by atoms with Crippen molar-refractivity contribution in [3.63, 3.8) is 0 Å². The summed E-state index contributed by atoms with van der Waals surface area (Å²) >= 11 is 5.92. The van der Waals surface area contributed by atoms with E-state index in [9.17, 15) is 4.79 Å². The van der Waals surface area contributed by atoms with Gasteiger partial charge in [0.2, 0.25) is 5.91 Å². The van der Waals surface area contributed by atoms with Gasteiger partial charge in [-0.2, -0.15) is 0 Å². The first-order chi connectivity index (χ1) is 8.20. The lowest BCUT2D eigenvalue weighted by Crippen LogP contribution is -2.41. The summed E-state index contributed by atoms with van der Waals surface area (Å²) in [4.78, 5) is 21.7. The molecule has 2 heterocycles. The number of amides is 1. The summed E-state index contributed by atoms with van der Waals surface area (Å²) in [6, 6.07) is 0. The quantitative estimate of drug-likeness (QED) is 0.859. The van der Waals surface area contributed by atoms with Gasteiger partial charge in [-0.1, -0.05) is 11.6 Å². The molecule has 2 rings (SSSR count). The molecule has 0 spiro atoms. The highest BCUT2D eigenvalue weighted by molar-refractivity contribution is 6.32. The Bertz CT molecular complexity index is 406. The minimum absolute atomic E-state index is 0.00632. The van der Waals surface area contributed by atoms with Crippen molar-refractivity contribution in [3.8, 4) is 0 Å². The molecule has 1 amide bonds. The number of carbonyl (C=O) groups is 1. The Morgan fingerprint density at radius 1 is 1.53 bits per heavy atom. The first-order valence-electron chi connectivity index (χ1n) is 5.65. The van der Waals surface area contributed by atoms with Gasteiger partial charge in [0.25, 0.3) is 0 Å². The summed E-state index contributed by atoms with van der Waals surface area (Å²) in [5, 5.41) is 3.48. The number of hydrogen-bond donors (Lipinski definition) is 1. The van der Waals surface area contributed by atoms with Crippen molar-refractivity contribution in [2.24, 2.45) is 5.92 Å². The molecule has 5 nitrogen and oxygen atoms in total. The van der Waals surface area contributed by atoms with Gasteiger partial charge in [0.05, 0.1) is 5.92 Å². The highest BCUT2D eigenvalue weighted by Gasteiger charge is 2.26. The van der Waals surface area contributed by atoms with E-state index in [1.807, 2.05) is 0 Å². The molecule has 0 aliphatic carbocycles. The number of nitrogens with zero attached hydrogens (tertiary/aromatic N) is 3. The van der Waals surface area contributed by atoms with Crippen LogP contribution in [-0.4, -0.2) is 36.0 Å². The summed E-state index contributed by atoms with van der Waals surface area (Å²) in [7, 11) is 1.69. The number of aromatic nitrogens is 2. The molecule has 1 atom stereocenters. The van der Waals surface area contributed by atoms with Crippen LogP contribution >= 0.6 is 11.6 Å². The first kappa shape index (κ1) is 12.3. The van der Waals surface area contributed by atoms with E-state index >= 15 is 0 Å². The monoisotopic (exact) mass is 254 g/mol. The zero-order valence-electron chi connectivity index (χ0n) is 9.69. The van der Waals surface area contributed by atoms with Crippen molar-refractivity contribution in [1.29, 1.82) is 0 Å². The molecule has 0 saturated carbocycles. The van der Waals surface area contributed by atoms with E-state index in [0.717, 1.165) is 25.9 Å². The van der Waals surface area contributed by atoms with Gasteiger partial charge in [0.1, 0.15) is 0 Å². The van der Waals surface area contributed by atoms with Crippen LogP contribution < -0.4 is 10.2 Å². The third kappa shape index (κ3) is 2.73. The number of rotatable bonds is 2. The number of halogens is 1. The summed E-state index contributed by atoms with van der Waals surface area (Å²) in [5.41, 5.74) is 0. The summed E-state index contributed by atoms with van der Waals surface area (Å²) in [6.45, 7) is 1.71. The fourth-order valence-corrected chi connectivity index (χ4v) is 2.21. The molecule has 6 heteroatoms. The van der Waals surface area contributed by atoms with Gasteiger partial charge >= 0.3 is 0 Å². The molecule has 1 aliphatic rings. The minimum Gasteiger partial charge on any atom is -0.316 e. The van der Waals surface area contributed by atoms with Crippen molar-refractivity contribution >= 4 is 23.3 Å². The van der Waals surface area contributed by atoms with E-state index in [4.69, 9.17) is 11.6 Å². The summed E-state index contributed by atoms with van der Waals surface area (Å²) < 4.78 is 0. The fourth-order valence-electron chi connectivity index (χ4n) is 1.98. The van der Waals surface area contributed by atoms with E-state index in [2.05, 4.69) is 15.3 Å². The Labute approximate surface area is 105 Å². The van der Waals surface area contributed by atoms with Gasteiger partial charge in [-0.15, -0.1) is 0 Å². The standard InChI is InChI=1S/C11H15ClN4O/c1-16(10-9(12)14-5-6-15-10)11(17)8-3-2-4-13-7-8/h5-6,8,13H,2-4,7H2,1H3. The third-order valence-electron chi connectivity index (χ3n) is 2.93. The molecular weight excluding hydrogens is 240 g/mol. The molecule has 0 aromatic carbocycles. The molecule has 1 aromatic heterocycles. The molecule has 0 radical (unpaired) electrons. The number of anilines is 1. The Morgan fingerprint density at radius 3 is 2.94 bits per heavy atom. The number of piperidine rings is 1. The highest BCUT2D eigenvalue weighted by atomic mass is 35.5. The van der Waals surface area contributed by atoms with E-state index in [-0.39, 0.29) is 17.0 Å². The van der Waals surface area contributed by atoms with Gasteiger partial charge in [-0.05, 0) is 19.4 Å². The van der Waals surface area contributed by atoms with Crippen LogP contribution in [0.25, 0.3) is 0 Å². The smallest absolute Gasteiger partial charge is 0.232 e. The topological polar surface area (TPSA) is 58.1 Å². The van der Waals surface area contributed by atoms with Crippen LogP contribution in [0, 0.1) is 5.92 Å². The molecule has 1 unspecified atom stereocenters. The maximum absolute atomic E-state index is 12.2. The average Bonchev–Trinajstić information content (AvgIpc) is 2.39. The Kier molecular flexibility index (Phi) is 3.91. The molecule has 1 fully saturated rings. The average molecular weight is 255 g/mol. The lowest BCUT2D eigenvalue weighted by Gasteiger charge is -2.26. The van der Waals surface area contributed by atoms with Gasteiger partial charge < -0.3 is 5.32 Å². The summed E-state index contributed by atoms with van der Waals surface area (Å²) in [6.07, 6.45) is 4.98. The Balaban J connectivity index is 2.11. The maximum atomic E-state index is 12.2. The van der Waals surface area contributed by atoms with E-state index in [0.29, 0.717) is 5.82 Å². The van der Waals surface area contributed by atoms with Crippen molar-refractivity contribution in [3.05, 3.63) is 17.5 Å². The van der Waals surface area contributed by atoms with E-state index in [1.54, 1.807) is 7.05 Å². The zero-order valence-corrected chi connectivity index (χ0v) is 10.4. The van der Waals surface area contributed by atoms with Crippen molar-refractivity contribution < 1.29 is 4.79 Å². The fraction of sp³-hybridized carbons (Fsp3) is 0.545. The lowest BCUT2D eigenvalue weighted by atomic mass is 9.98. The van der Waals surface area contributed by atoms with Gasteiger partial charge in [-0.25, -0.2) is 9.97 Å². The largest absolute Gasteiger partial charge is 0.316 e. The van der Waals surface area contributed by atoms with Crippen LogP contribution in [0.4, 0.5) is 5.82 Å². The van der Waals surface area contributed by atoms with Crippen LogP contribution in [-0.2, 0) is 4.79 Å². The number of hydrogen-bond acceptors (Lipinski definition) is 4. The van der Waals surface area contributed by atoms with Crippen LogP contribution in [0.15, 0.2) is 12.4 Å². The first-order valence-corrected chi connectivity index (χ1v) is 6.02.